The minimum atomic E-state index is 0.627. The van der Waals surface area contributed by atoms with Gasteiger partial charge in [0.15, 0.2) is 0 Å². The lowest BCUT2D eigenvalue weighted by Crippen LogP contribution is -2.35. The van der Waals surface area contributed by atoms with Crippen LogP contribution in [0.4, 0.5) is 0 Å². The first-order chi connectivity index (χ1) is 7.83. The minimum absolute atomic E-state index is 0.627. The number of nitrogens with zero attached hydrogens (tertiary/aromatic N) is 1. The molecule has 2 rings (SSSR count). The molecule has 1 aromatic heterocycles. The molecule has 0 saturated carbocycles. The average molecular weight is 220 g/mol. The van der Waals surface area contributed by atoms with E-state index >= 15 is 0 Å². The van der Waals surface area contributed by atoms with Gasteiger partial charge in [-0.05, 0) is 37.8 Å². The van der Waals surface area contributed by atoms with E-state index in [9.17, 15) is 0 Å². The monoisotopic (exact) mass is 220 g/mol. The third kappa shape index (κ3) is 2.53. The van der Waals surface area contributed by atoms with Crippen LogP contribution < -0.4 is 10.1 Å². The lowest BCUT2D eigenvalue weighted by atomic mass is 9.92. The third-order valence-electron chi connectivity index (χ3n) is 3.13. The number of hydrogen-bond acceptors (Lipinski definition) is 3. The molecule has 88 valence electrons. The maximum absolute atomic E-state index is 5.15. The molecule has 1 aliphatic carbocycles. The van der Waals surface area contributed by atoms with Crippen molar-refractivity contribution in [2.75, 3.05) is 13.7 Å². The molecule has 0 aliphatic heterocycles. The van der Waals surface area contributed by atoms with Crippen LogP contribution in [-0.4, -0.2) is 24.7 Å². The fraction of sp³-hybridized carbons (Fsp3) is 0.615. The number of methoxy groups -OCH3 is 1. The van der Waals surface area contributed by atoms with Crippen LogP contribution in [0.2, 0.25) is 0 Å². The van der Waals surface area contributed by atoms with Crippen molar-refractivity contribution in [3.8, 4) is 5.88 Å². The van der Waals surface area contributed by atoms with Crippen LogP contribution in [0.1, 0.15) is 31.0 Å². The van der Waals surface area contributed by atoms with Crippen molar-refractivity contribution in [1.82, 2.24) is 10.3 Å². The number of hydrogen-bond donors (Lipinski definition) is 1. The minimum Gasteiger partial charge on any atom is -0.481 e. The summed E-state index contributed by atoms with van der Waals surface area (Å²) in [6.45, 7) is 3.32. The fourth-order valence-electron chi connectivity index (χ4n) is 2.23. The molecule has 1 N–H and O–H groups in total. The van der Waals surface area contributed by atoms with Gasteiger partial charge in [0.1, 0.15) is 0 Å². The Morgan fingerprint density at radius 2 is 2.38 bits per heavy atom. The van der Waals surface area contributed by atoms with Crippen LogP contribution in [0, 0.1) is 0 Å². The number of aromatic nitrogens is 1. The predicted octanol–water partition coefficient (Wildman–Crippen LogP) is 1.95. The van der Waals surface area contributed by atoms with Crippen molar-refractivity contribution in [3.63, 3.8) is 0 Å². The molecule has 0 spiro atoms. The predicted molar refractivity (Wildman–Crippen MR) is 64.9 cm³/mol. The van der Waals surface area contributed by atoms with E-state index in [1.165, 1.54) is 24.1 Å². The molecule has 16 heavy (non-hydrogen) atoms. The second-order valence-electron chi connectivity index (χ2n) is 4.35. The second kappa shape index (κ2) is 5.30. The second-order valence-corrected chi connectivity index (χ2v) is 4.35. The molecule has 0 saturated heterocycles. The van der Waals surface area contributed by atoms with Crippen LogP contribution in [0.3, 0.4) is 0 Å². The van der Waals surface area contributed by atoms with Gasteiger partial charge in [0.25, 0.3) is 0 Å². The first kappa shape index (κ1) is 11.4. The van der Waals surface area contributed by atoms with Gasteiger partial charge in [0, 0.05) is 17.8 Å². The zero-order valence-electron chi connectivity index (χ0n) is 10.1. The quantitative estimate of drug-likeness (QED) is 0.842. The van der Waals surface area contributed by atoms with Gasteiger partial charge in [0.05, 0.1) is 7.11 Å². The summed E-state index contributed by atoms with van der Waals surface area (Å²) in [5, 5.41) is 3.58. The summed E-state index contributed by atoms with van der Waals surface area (Å²) >= 11 is 0. The van der Waals surface area contributed by atoms with Gasteiger partial charge < -0.3 is 10.1 Å². The SMILES string of the molecule is CCCNC1CCc2nc(OC)ccc2C1. The van der Waals surface area contributed by atoms with E-state index in [1.807, 2.05) is 6.07 Å². The van der Waals surface area contributed by atoms with Gasteiger partial charge in [-0.25, -0.2) is 4.98 Å². The highest BCUT2D eigenvalue weighted by Gasteiger charge is 2.19. The summed E-state index contributed by atoms with van der Waals surface area (Å²) in [6.07, 6.45) is 4.55. The Balaban J connectivity index is 2.04. The van der Waals surface area contributed by atoms with E-state index in [0.29, 0.717) is 6.04 Å². The maximum Gasteiger partial charge on any atom is 0.213 e. The fourth-order valence-corrected chi connectivity index (χ4v) is 2.23. The van der Waals surface area contributed by atoms with E-state index in [-0.39, 0.29) is 0 Å². The van der Waals surface area contributed by atoms with Crippen LogP contribution >= 0.6 is 0 Å². The Morgan fingerprint density at radius 1 is 1.50 bits per heavy atom. The van der Waals surface area contributed by atoms with Gasteiger partial charge in [-0.15, -0.1) is 0 Å². The first-order valence-corrected chi connectivity index (χ1v) is 6.09. The number of ether oxygens (including phenoxy) is 1. The zero-order chi connectivity index (χ0) is 11.4. The van der Waals surface area contributed by atoms with E-state index < -0.39 is 0 Å². The van der Waals surface area contributed by atoms with Gasteiger partial charge >= 0.3 is 0 Å². The molecule has 0 radical (unpaired) electrons. The molecule has 0 bridgehead atoms. The van der Waals surface area contributed by atoms with Crippen molar-refractivity contribution in [2.24, 2.45) is 0 Å². The van der Waals surface area contributed by atoms with Crippen LogP contribution in [0.15, 0.2) is 12.1 Å². The van der Waals surface area contributed by atoms with E-state index in [0.717, 1.165) is 25.3 Å². The normalized spacial score (nSPS) is 19.2. The number of fused-ring (bicyclic) bond motifs is 1. The molecule has 1 heterocycles. The van der Waals surface area contributed by atoms with Gasteiger partial charge in [-0.2, -0.15) is 0 Å². The Kier molecular flexibility index (Phi) is 3.78. The zero-order valence-corrected chi connectivity index (χ0v) is 10.1. The molecule has 1 atom stereocenters. The number of aryl methyl sites for hydroxylation is 1. The summed E-state index contributed by atoms with van der Waals surface area (Å²) in [5.41, 5.74) is 2.59. The van der Waals surface area contributed by atoms with Gasteiger partial charge in [0.2, 0.25) is 5.88 Å². The molecular formula is C13H20N2O. The van der Waals surface area contributed by atoms with Crippen molar-refractivity contribution in [3.05, 3.63) is 23.4 Å². The number of rotatable bonds is 4. The molecule has 0 aromatic carbocycles. The summed E-state index contributed by atoms with van der Waals surface area (Å²) in [5.74, 6) is 0.735. The number of nitrogens with one attached hydrogen (secondary N) is 1. The molecule has 3 nitrogen and oxygen atoms in total. The van der Waals surface area contributed by atoms with Crippen molar-refractivity contribution < 1.29 is 4.74 Å². The molecule has 1 aliphatic rings. The Labute approximate surface area is 97.2 Å². The topological polar surface area (TPSA) is 34.2 Å². The third-order valence-corrected chi connectivity index (χ3v) is 3.13. The van der Waals surface area contributed by atoms with Crippen LogP contribution in [-0.2, 0) is 12.8 Å². The first-order valence-electron chi connectivity index (χ1n) is 6.09. The van der Waals surface area contributed by atoms with Gasteiger partial charge in [-0.3, -0.25) is 0 Å². The highest BCUT2D eigenvalue weighted by Crippen LogP contribution is 2.22. The molecule has 0 fully saturated rings. The largest absolute Gasteiger partial charge is 0.481 e. The molecule has 1 aromatic rings. The summed E-state index contributed by atoms with van der Waals surface area (Å²) in [6, 6.07) is 4.74. The number of pyridine rings is 1. The van der Waals surface area contributed by atoms with E-state index in [2.05, 4.69) is 23.3 Å². The van der Waals surface area contributed by atoms with Crippen molar-refractivity contribution in [2.45, 2.75) is 38.6 Å². The summed E-state index contributed by atoms with van der Waals surface area (Å²) in [7, 11) is 1.67. The van der Waals surface area contributed by atoms with Crippen molar-refractivity contribution in [1.29, 1.82) is 0 Å². The molecule has 1 unspecified atom stereocenters. The Bertz CT molecular complexity index is 352. The standard InChI is InChI=1S/C13H20N2O/c1-3-8-14-11-5-6-12-10(9-11)4-7-13(15-12)16-2/h4,7,11,14H,3,5-6,8-9H2,1-2H3. The molecule has 3 heteroatoms. The van der Waals surface area contributed by atoms with E-state index in [4.69, 9.17) is 4.74 Å². The molecular weight excluding hydrogens is 200 g/mol. The Hall–Kier alpha value is -1.09. The van der Waals surface area contributed by atoms with Crippen LogP contribution in [0.5, 0.6) is 5.88 Å². The maximum atomic E-state index is 5.15. The lowest BCUT2D eigenvalue weighted by Gasteiger charge is -2.25. The highest BCUT2D eigenvalue weighted by molar-refractivity contribution is 5.28. The average Bonchev–Trinajstić information content (AvgIpc) is 2.35. The summed E-state index contributed by atoms with van der Waals surface area (Å²) in [4.78, 5) is 4.50. The highest BCUT2D eigenvalue weighted by atomic mass is 16.5. The van der Waals surface area contributed by atoms with Crippen LogP contribution in [0.25, 0.3) is 0 Å². The van der Waals surface area contributed by atoms with Crippen molar-refractivity contribution >= 4 is 0 Å². The molecule has 0 amide bonds. The summed E-state index contributed by atoms with van der Waals surface area (Å²) < 4.78 is 5.15. The smallest absolute Gasteiger partial charge is 0.213 e. The lowest BCUT2D eigenvalue weighted by molar-refractivity contribution is 0.391. The van der Waals surface area contributed by atoms with E-state index in [1.54, 1.807) is 7.11 Å². The van der Waals surface area contributed by atoms with Gasteiger partial charge in [-0.1, -0.05) is 13.0 Å². The Morgan fingerprint density at radius 3 is 3.12 bits per heavy atom.